The van der Waals surface area contributed by atoms with Crippen LogP contribution in [0, 0.1) is 24.0 Å². The molecule has 2 N–H and O–H groups in total. The molecule has 0 aliphatic rings. The van der Waals surface area contributed by atoms with Crippen molar-refractivity contribution < 1.29 is 13.3 Å². The Morgan fingerprint density at radius 2 is 1.76 bits per heavy atom. The molecule has 0 aliphatic carbocycles. The van der Waals surface area contributed by atoms with Gasteiger partial charge in [-0.15, -0.1) is 12.4 Å². The summed E-state index contributed by atoms with van der Waals surface area (Å²) in [6.45, 7) is 6.35. The van der Waals surface area contributed by atoms with Crippen molar-refractivity contribution >= 4 is 28.1 Å². The van der Waals surface area contributed by atoms with E-state index in [9.17, 15) is 18.5 Å². The van der Waals surface area contributed by atoms with Crippen LogP contribution in [0.1, 0.15) is 18.1 Å². The number of nitrogens with zero attached hydrogens (tertiary/aromatic N) is 1. The number of sulfonamides is 1. The van der Waals surface area contributed by atoms with E-state index in [4.69, 9.17) is 0 Å². The summed E-state index contributed by atoms with van der Waals surface area (Å²) in [5.41, 5.74) is 0.326. The molecule has 7 nitrogen and oxygen atoms in total. The maximum absolute atomic E-state index is 12.3. The van der Waals surface area contributed by atoms with Gasteiger partial charge in [0.1, 0.15) is 0 Å². The van der Waals surface area contributed by atoms with Crippen molar-refractivity contribution in [3.63, 3.8) is 0 Å². The standard InChI is InChI=1S/C12H19N3O4S.ClH/c1-4-13-7-8-14-20(18,19)12-10(3)6-5-9(2)11(12)15(16)17;/h5-6,13-14H,4,7-8H2,1-3H3;1H. The van der Waals surface area contributed by atoms with Gasteiger partial charge in [-0.05, 0) is 26.0 Å². The summed E-state index contributed by atoms with van der Waals surface area (Å²) < 4.78 is 26.9. The highest BCUT2D eigenvalue weighted by molar-refractivity contribution is 7.89. The van der Waals surface area contributed by atoms with E-state index in [1.54, 1.807) is 19.1 Å². The first-order valence-electron chi connectivity index (χ1n) is 6.26. The number of nitro benzene ring substituents is 1. The maximum Gasteiger partial charge on any atom is 0.292 e. The number of hydrogen-bond donors (Lipinski definition) is 2. The molecule has 0 bridgehead atoms. The van der Waals surface area contributed by atoms with Crippen LogP contribution in [-0.2, 0) is 10.0 Å². The minimum absolute atomic E-state index is 0. The fraction of sp³-hybridized carbons (Fsp3) is 0.500. The topological polar surface area (TPSA) is 101 Å². The van der Waals surface area contributed by atoms with Gasteiger partial charge in [-0.2, -0.15) is 0 Å². The fourth-order valence-electron chi connectivity index (χ4n) is 1.86. The van der Waals surface area contributed by atoms with Crippen LogP contribution in [0.2, 0.25) is 0 Å². The van der Waals surface area contributed by atoms with Gasteiger partial charge in [0.2, 0.25) is 10.0 Å². The second kappa shape index (κ2) is 8.28. The van der Waals surface area contributed by atoms with Crippen molar-refractivity contribution in [2.45, 2.75) is 25.7 Å². The highest BCUT2D eigenvalue weighted by Crippen LogP contribution is 2.30. The van der Waals surface area contributed by atoms with Gasteiger partial charge in [0.05, 0.1) is 4.92 Å². The van der Waals surface area contributed by atoms with Gasteiger partial charge >= 0.3 is 0 Å². The van der Waals surface area contributed by atoms with Gasteiger partial charge in [0.25, 0.3) is 5.69 Å². The van der Waals surface area contributed by atoms with Gasteiger partial charge in [0.15, 0.2) is 4.90 Å². The molecule has 0 spiro atoms. The van der Waals surface area contributed by atoms with Crippen LogP contribution in [0.15, 0.2) is 17.0 Å². The zero-order valence-corrected chi connectivity index (χ0v) is 13.8. The van der Waals surface area contributed by atoms with E-state index in [1.165, 1.54) is 6.92 Å². The van der Waals surface area contributed by atoms with Crippen molar-refractivity contribution in [2.75, 3.05) is 19.6 Å². The van der Waals surface area contributed by atoms with Crippen molar-refractivity contribution in [3.05, 3.63) is 33.4 Å². The Morgan fingerprint density at radius 1 is 1.19 bits per heavy atom. The number of nitrogens with one attached hydrogen (secondary N) is 2. The molecule has 1 aromatic rings. The first-order valence-corrected chi connectivity index (χ1v) is 7.74. The van der Waals surface area contributed by atoms with Crippen LogP contribution in [-0.4, -0.2) is 33.0 Å². The number of aryl methyl sites for hydroxylation is 2. The Labute approximate surface area is 130 Å². The lowest BCUT2D eigenvalue weighted by molar-refractivity contribution is -0.388. The predicted molar refractivity (Wildman–Crippen MR) is 83.6 cm³/mol. The van der Waals surface area contributed by atoms with Crippen LogP contribution in [0.25, 0.3) is 0 Å². The molecule has 0 amide bonds. The SMILES string of the molecule is CCNCCNS(=O)(=O)c1c(C)ccc(C)c1[N+](=O)[O-].Cl. The van der Waals surface area contributed by atoms with Gasteiger partial charge in [-0.25, -0.2) is 13.1 Å². The normalized spacial score (nSPS) is 11.0. The minimum atomic E-state index is -3.90. The van der Waals surface area contributed by atoms with Crippen LogP contribution in [0.4, 0.5) is 5.69 Å². The Balaban J connectivity index is 0.00000400. The lowest BCUT2D eigenvalue weighted by atomic mass is 10.1. The zero-order chi connectivity index (χ0) is 15.3. The van der Waals surface area contributed by atoms with Crippen molar-refractivity contribution in [1.82, 2.24) is 10.0 Å². The highest BCUT2D eigenvalue weighted by Gasteiger charge is 2.29. The molecule has 0 radical (unpaired) electrons. The average Bonchev–Trinajstić information content (AvgIpc) is 2.36. The second-order valence-corrected chi connectivity index (χ2v) is 6.09. The zero-order valence-electron chi connectivity index (χ0n) is 12.2. The summed E-state index contributed by atoms with van der Waals surface area (Å²) in [4.78, 5) is 10.2. The summed E-state index contributed by atoms with van der Waals surface area (Å²) >= 11 is 0. The predicted octanol–water partition coefficient (Wildman–Crippen LogP) is 1.52. The molecular formula is C12H20ClN3O4S. The first-order chi connectivity index (χ1) is 9.31. The van der Waals surface area contributed by atoms with E-state index in [0.717, 1.165) is 6.54 Å². The van der Waals surface area contributed by atoms with Gasteiger partial charge in [0, 0.05) is 18.7 Å². The number of nitro groups is 1. The monoisotopic (exact) mass is 337 g/mol. The van der Waals surface area contributed by atoms with Crippen LogP contribution in [0.3, 0.4) is 0 Å². The quantitative estimate of drug-likeness (QED) is 0.446. The Kier molecular flexibility index (Phi) is 7.80. The van der Waals surface area contributed by atoms with E-state index < -0.39 is 14.9 Å². The third kappa shape index (κ3) is 4.92. The van der Waals surface area contributed by atoms with E-state index in [2.05, 4.69) is 10.0 Å². The fourth-order valence-corrected chi connectivity index (χ4v) is 3.36. The summed E-state index contributed by atoms with van der Waals surface area (Å²) in [6, 6.07) is 3.12. The van der Waals surface area contributed by atoms with E-state index in [0.29, 0.717) is 17.7 Å². The first kappa shape index (κ1) is 19.8. The summed E-state index contributed by atoms with van der Waals surface area (Å²) in [5.74, 6) is 0. The van der Waals surface area contributed by atoms with Crippen molar-refractivity contribution in [3.8, 4) is 0 Å². The Bertz CT molecular complexity index is 605. The lowest BCUT2D eigenvalue weighted by Crippen LogP contribution is -2.32. The summed E-state index contributed by atoms with van der Waals surface area (Å²) in [7, 11) is -3.90. The van der Waals surface area contributed by atoms with Gasteiger partial charge in [-0.1, -0.05) is 19.1 Å². The molecule has 9 heteroatoms. The molecule has 120 valence electrons. The molecule has 0 aromatic heterocycles. The molecule has 1 aromatic carbocycles. The maximum atomic E-state index is 12.3. The van der Waals surface area contributed by atoms with Crippen molar-refractivity contribution in [2.24, 2.45) is 0 Å². The number of hydrogen-bond acceptors (Lipinski definition) is 5. The number of likely N-dealkylation sites (N-methyl/N-ethyl adjacent to an activating group) is 1. The van der Waals surface area contributed by atoms with E-state index in [-0.39, 0.29) is 29.5 Å². The Hall–Kier alpha value is -1.22. The molecule has 0 heterocycles. The summed E-state index contributed by atoms with van der Waals surface area (Å²) in [6.07, 6.45) is 0. The molecule has 0 unspecified atom stereocenters. The smallest absolute Gasteiger partial charge is 0.292 e. The van der Waals surface area contributed by atoms with Gasteiger partial charge < -0.3 is 5.32 Å². The third-order valence-electron chi connectivity index (χ3n) is 2.83. The molecule has 1 rings (SSSR count). The lowest BCUT2D eigenvalue weighted by Gasteiger charge is -2.11. The van der Waals surface area contributed by atoms with E-state index >= 15 is 0 Å². The molecule has 0 fully saturated rings. The molecule has 21 heavy (non-hydrogen) atoms. The molecule has 0 saturated carbocycles. The molecule has 0 aliphatic heterocycles. The van der Waals surface area contributed by atoms with Crippen LogP contribution >= 0.6 is 12.4 Å². The Morgan fingerprint density at radius 3 is 2.29 bits per heavy atom. The minimum Gasteiger partial charge on any atom is -0.316 e. The van der Waals surface area contributed by atoms with Crippen LogP contribution < -0.4 is 10.0 Å². The number of benzene rings is 1. The summed E-state index contributed by atoms with van der Waals surface area (Å²) in [5, 5.41) is 14.1. The van der Waals surface area contributed by atoms with Crippen molar-refractivity contribution in [1.29, 1.82) is 0 Å². The largest absolute Gasteiger partial charge is 0.316 e. The highest BCUT2D eigenvalue weighted by atomic mass is 35.5. The molecule has 0 saturated heterocycles. The molecule has 0 atom stereocenters. The molecular weight excluding hydrogens is 318 g/mol. The van der Waals surface area contributed by atoms with E-state index in [1.807, 2.05) is 6.92 Å². The van der Waals surface area contributed by atoms with Crippen LogP contribution in [0.5, 0.6) is 0 Å². The third-order valence-corrected chi connectivity index (χ3v) is 4.46. The number of rotatable bonds is 7. The van der Waals surface area contributed by atoms with Gasteiger partial charge in [-0.3, -0.25) is 10.1 Å². The second-order valence-electron chi connectivity index (χ2n) is 4.39. The average molecular weight is 338 g/mol. The number of halogens is 1.